The Bertz CT molecular complexity index is 417. The Morgan fingerprint density at radius 1 is 1.35 bits per heavy atom. The molecule has 1 aromatic carbocycles. The van der Waals surface area contributed by atoms with Gasteiger partial charge in [-0.05, 0) is 25.0 Å². The van der Waals surface area contributed by atoms with Gasteiger partial charge in [0.25, 0.3) is 0 Å². The Balaban J connectivity index is 2.37. The van der Waals surface area contributed by atoms with E-state index in [1.165, 1.54) is 5.56 Å². The van der Waals surface area contributed by atoms with Crippen molar-refractivity contribution < 1.29 is 9.53 Å². The number of carbonyl (C=O) groups excluding carboxylic acids is 1. The fourth-order valence-electron chi connectivity index (χ4n) is 1.80. The summed E-state index contributed by atoms with van der Waals surface area (Å²) < 4.78 is 5.61. The van der Waals surface area contributed by atoms with Crippen LogP contribution in [-0.4, -0.2) is 37.0 Å². The third-order valence-corrected chi connectivity index (χ3v) is 3.63. The van der Waals surface area contributed by atoms with Crippen molar-refractivity contribution in [3.05, 3.63) is 29.8 Å². The summed E-state index contributed by atoms with van der Waals surface area (Å²) in [5, 5.41) is 0. The Morgan fingerprint density at radius 2 is 1.95 bits per heavy atom. The quantitative estimate of drug-likeness (QED) is 0.832. The average Bonchev–Trinajstić information content (AvgIpc) is 2.46. The van der Waals surface area contributed by atoms with Crippen LogP contribution in [0.1, 0.15) is 25.8 Å². The van der Waals surface area contributed by atoms with Crippen LogP contribution in [0.5, 0.6) is 5.75 Å². The molecule has 112 valence electrons. The highest BCUT2D eigenvalue weighted by atomic mass is 16.5. The molecule has 0 spiro atoms. The molecule has 0 aliphatic carbocycles. The first kappa shape index (κ1) is 16.5. The molecule has 0 fully saturated rings. The summed E-state index contributed by atoms with van der Waals surface area (Å²) in [5.74, 6) is 0.998. The largest absolute Gasteiger partial charge is 0.492 e. The van der Waals surface area contributed by atoms with E-state index in [9.17, 15) is 4.79 Å². The van der Waals surface area contributed by atoms with Gasteiger partial charge >= 0.3 is 0 Å². The van der Waals surface area contributed by atoms with Gasteiger partial charge in [0.2, 0.25) is 5.91 Å². The Morgan fingerprint density at radius 3 is 2.50 bits per heavy atom. The molecule has 2 atom stereocenters. The Hall–Kier alpha value is -1.55. The van der Waals surface area contributed by atoms with Crippen LogP contribution in [-0.2, 0) is 4.79 Å². The second-order valence-corrected chi connectivity index (χ2v) is 5.33. The lowest BCUT2D eigenvalue weighted by Gasteiger charge is -2.24. The van der Waals surface area contributed by atoms with E-state index < -0.39 is 6.04 Å². The third kappa shape index (κ3) is 4.85. The zero-order chi connectivity index (χ0) is 15.1. The summed E-state index contributed by atoms with van der Waals surface area (Å²) in [6.07, 6.45) is 0.903. The molecule has 0 saturated carbocycles. The maximum Gasteiger partial charge on any atom is 0.239 e. The summed E-state index contributed by atoms with van der Waals surface area (Å²) in [6.45, 7) is 7.08. The number of ether oxygens (including phenoxy) is 1. The molecule has 0 aliphatic heterocycles. The van der Waals surface area contributed by atoms with E-state index in [0.29, 0.717) is 13.2 Å². The van der Waals surface area contributed by atoms with E-state index in [0.717, 1.165) is 12.2 Å². The van der Waals surface area contributed by atoms with E-state index in [1.54, 1.807) is 11.9 Å². The van der Waals surface area contributed by atoms with Crippen molar-refractivity contribution in [1.29, 1.82) is 0 Å². The number of benzene rings is 1. The van der Waals surface area contributed by atoms with Crippen molar-refractivity contribution in [3.63, 3.8) is 0 Å². The number of carbonyl (C=O) groups is 1. The molecule has 0 radical (unpaired) electrons. The standard InChI is InChI=1S/C16H26N2O2/c1-5-13(3)15(17)16(19)18(4)10-11-20-14-8-6-12(2)7-9-14/h6-9,13,15H,5,10-11,17H2,1-4H3/t13?,15-/m0/s1. The smallest absolute Gasteiger partial charge is 0.239 e. The second-order valence-electron chi connectivity index (χ2n) is 5.33. The SMILES string of the molecule is CCC(C)[C@H](N)C(=O)N(C)CCOc1ccc(C)cc1. The van der Waals surface area contributed by atoms with Crippen LogP contribution in [0, 0.1) is 12.8 Å². The van der Waals surface area contributed by atoms with Gasteiger partial charge in [-0.2, -0.15) is 0 Å². The molecule has 0 saturated heterocycles. The number of nitrogens with zero attached hydrogens (tertiary/aromatic N) is 1. The Kier molecular flexibility index (Phi) is 6.52. The number of hydrogen-bond acceptors (Lipinski definition) is 3. The highest BCUT2D eigenvalue weighted by Gasteiger charge is 2.22. The number of rotatable bonds is 7. The minimum absolute atomic E-state index is 0.0214. The predicted molar refractivity (Wildman–Crippen MR) is 81.7 cm³/mol. The van der Waals surface area contributed by atoms with Gasteiger partial charge in [-0.15, -0.1) is 0 Å². The van der Waals surface area contributed by atoms with Gasteiger partial charge in [0.1, 0.15) is 12.4 Å². The van der Waals surface area contributed by atoms with Crippen molar-refractivity contribution in [3.8, 4) is 5.75 Å². The molecule has 1 aromatic rings. The summed E-state index contributed by atoms with van der Waals surface area (Å²) in [5.41, 5.74) is 7.14. The third-order valence-electron chi connectivity index (χ3n) is 3.63. The molecule has 0 aromatic heterocycles. The van der Waals surface area contributed by atoms with E-state index in [4.69, 9.17) is 10.5 Å². The summed E-state index contributed by atoms with van der Waals surface area (Å²) in [6, 6.07) is 7.44. The highest BCUT2D eigenvalue weighted by Crippen LogP contribution is 2.11. The number of aryl methyl sites for hydroxylation is 1. The number of amides is 1. The van der Waals surface area contributed by atoms with E-state index in [-0.39, 0.29) is 11.8 Å². The van der Waals surface area contributed by atoms with Crippen molar-refractivity contribution in [1.82, 2.24) is 4.90 Å². The van der Waals surface area contributed by atoms with Crippen molar-refractivity contribution in [2.75, 3.05) is 20.2 Å². The zero-order valence-electron chi connectivity index (χ0n) is 12.9. The topological polar surface area (TPSA) is 55.6 Å². The van der Waals surface area contributed by atoms with Gasteiger partial charge < -0.3 is 15.4 Å². The lowest BCUT2D eigenvalue weighted by molar-refractivity contribution is -0.132. The molecular formula is C16H26N2O2. The predicted octanol–water partition coefficient (Wildman–Crippen LogP) is 2.21. The van der Waals surface area contributed by atoms with Crippen LogP contribution in [0.4, 0.5) is 0 Å². The van der Waals surface area contributed by atoms with E-state index >= 15 is 0 Å². The number of likely N-dealkylation sites (N-methyl/N-ethyl adjacent to an activating group) is 1. The molecular weight excluding hydrogens is 252 g/mol. The molecule has 0 aliphatic rings. The van der Waals surface area contributed by atoms with Gasteiger partial charge in [0.05, 0.1) is 12.6 Å². The monoisotopic (exact) mass is 278 g/mol. The van der Waals surface area contributed by atoms with Gasteiger partial charge in [0.15, 0.2) is 0 Å². The summed E-state index contributed by atoms with van der Waals surface area (Å²) in [7, 11) is 1.77. The molecule has 4 nitrogen and oxygen atoms in total. The molecule has 1 unspecified atom stereocenters. The molecule has 2 N–H and O–H groups in total. The summed E-state index contributed by atoms with van der Waals surface area (Å²) in [4.78, 5) is 13.7. The lowest BCUT2D eigenvalue weighted by atomic mass is 9.99. The lowest BCUT2D eigenvalue weighted by Crippen LogP contribution is -2.46. The van der Waals surface area contributed by atoms with Gasteiger partial charge in [0, 0.05) is 7.05 Å². The first-order chi connectivity index (χ1) is 9.45. The van der Waals surface area contributed by atoms with E-state index in [2.05, 4.69) is 0 Å². The maximum absolute atomic E-state index is 12.1. The first-order valence-corrected chi connectivity index (χ1v) is 7.15. The van der Waals surface area contributed by atoms with Crippen molar-refractivity contribution >= 4 is 5.91 Å². The minimum Gasteiger partial charge on any atom is -0.492 e. The van der Waals surface area contributed by atoms with Crippen LogP contribution in [0.25, 0.3) is 0 Å². The molecule has 1 amide bonds. The molecule has 0 heterocycles. The number of nitrogens with two attached hydrogens (primary N) is 1. The fraction of sp³-hybridized carbons (Fsp3) is 0.562. The van der Waals surface area contributed by atoms with Crippen LogP contribution in [0.2, 0.25) is 0 Å². The average molecular weight is 278 g/mol. The van der Waals surface area contributed by atoms with Gasteiger partial charge in [-0.3, -0.25) is 4.79 Å². The molecule has 0 bridgehead atoms. The van der Waals surface area contributed by atoms with Crippen LogP contribution in [0.3, 0.4) is 0 Å². The zero-order valence-corrected chi connectivity index (χ0v) is 12.9. The van der Waals surface area contributed by atoms with E-state index in [1.807, 2.05) is 45.0 Å². The van der Waals surface area contributed by atoms with Crippen LogP contribution < -0.4 is 10.5 Å². The highest BCUT2D eigenvalue weighted by molar-refractivity contribution is 5.81. The fourth-order valence-corrected chi connectivity index (χ4v) is 1.80. The summed E-state index contributed by atoms with van der Waals surface area (Å²) >= 11 is 0. The number of hydrogen-bond donors (Lipinski definition) is 1. The minimum atomic E-state index is -0.427. The first-order valence-electron chi connectivity index (χ1n) is 7.15. The van der Waals surface area contributed by atoms with Crippen LogP contribution >= 0.6 is 0 Å². The second kappa shape index (κ2) is 7.90. The Labute approximate surface area is 121 Å². The molecule has 1 rings (SSSR count). The van der Waals surface area contributed by atoms with Gasteiger partial charge in [-0.25, -0.2) is 0 Å². The van der Waals surface area contributed by atoms with Gasteiger partial charge in [-0.1, -0.05) is 38.0 Å². The molecule has 20 heavy (non-hydrogen) atoms. The van der Waals surface area contributed by atoms with Crippen molar-refractivity contribution in [2.45, 2.75) is 33.2 Å². The molecule has 4 heteroatoms. The van der Waals surface area contributed by atoms with Crippen LogP contribution in [0.15, 0.2) is 24.3 Å². The van der Waals surface area contributed by atoms with Crippen molar-refractivity contribution in [2.24, 2.45) is 11.7 Å². The maximum atomic E-state index is 12.1. The normalized spacial score (nSPS) is 13.7.